The van der Waals surface area contributed by atoms with E-state index < -0.39 is 0 Å². The topological polar surface area (TPSA) is 78.8 Å². The van der Waals surface area contributed by atoms with E-state index >= 15 is 0 Å². The van der Waals surface area contributed by atoms with Crippen LogP contribution in [0.3, 0.4) is 0 Å². The van der Waals surface area contributed by atoms with Gasteiger partial charge in [-0.25, -0.2) is 9.67 Å². The van der Waals surface area contributed by atoms with Crippen LogP contribution < -0.4 is 15.8 Å². The van der Waals surface area contributed by atoms with E-state index in [4.69, 9.17) is 0 Å². The van der Waals surface area contributed by atoms with Gasteiger partial charge in [0.25, 0.3) is 5.56 Å². The van der Waals surface area contributed by atoms with Crippen molar-refractivity contribution in [3.05, 3.63) is 70.9 Å². The van der Waals surface area contributed by atoms with E-state index in [2.05, 4.69) is 25.3 Å². The molecule has 1 saturated heterocycles. The van der Waals surface area contributed by atoms with Crippen LogP contribution >= 0.6 is 0 Å². The van der Waals surface area contributed by atoms with Crippen molar-refractivity contribution >= 4 is 16.7 Å². The van der Waals surface area contributed by atoms with Gasteiger partial charge < -0.3 is 10.2 Å². The van der Waals surface area contributed by atoms with Gasteiger partial charge in [0.2, 0.25) is 0 Å². The molecule has 0 aliphatic carbocycles. The number of fused-ring (bicyclic) bond motifs is 1. The SMILES string of the molecule is Cc1ccc(N2CCNCC2)ncc2[nH]n(-c3ccccc3)c(=O)c2cn1. The van der Waals surface area contributed by atoms with Crippen molar-refractivity contribution in [1.29, 1.82) is 0 Å². The lowest BCUT2D eigenvalue weighted by Crippen LogP contribution is -2.43. The summed E-state index contributed by atoms with van der Waals surface area (Å²) in [4.78, 5) is 24.2. The maximum Gasteiger partial charge on any atom is 0.280 e. The van der Waals surface area contributed by atoms with Crippen LogP contribution in [0.4, 0.5) is 5.82 Å². The number of anilines is 1. The molecule has 1 aromatic carbocycles. The molecule has 7 nitrogen and oxygen atoms in total. The zero-order chi connectivity index (χ0) is 18.6. The molecule has 0 saturated carbocycles. The normalized spacial score (nSPS) is 14.2. The van der Waals surface area contributed by atoms with Crippen molar-refractivity contribution in [2.75, 3.05) is 31.1 Å². The molecule has 0 bridgehead atoms. The third-order valence-electron chi connectivity index (χ3n) is 4.61. The van der Waals surface area contributed by atoms with E-state index in [9.17, 15) is 4.79 Å². The highest BCUT2D eigenvalue weighted by Crippen LogP contribution is 2.12. The van der Waals surface area contributed by atoms with Crippen molar-refractivity contribution in [1.82, 2.24) is 25.1 Å². The minimum absolute atomic E-state index is 0.146. The minimum Gasteiger partial charge on any atom is -0.354 e. The number of benzene rings is 1. The summed E-state index contributed by atoms with van der Waals surface area (Å²) in [5.41, 5.74) is 2.09. The Kier molecular flexibility index (Phi) is 4.84. The minimum atomic E-state index is -0.146. The Bertz CT molecular complexity index is 1050. The number of H-pyrrole nitrogens is 1. The Morgan fingerprint density at radius 2 is 1.74 bits per heavy atom. The van der Waals surface area contributed by atoms with Crippen LogP contribution in [0.5, 0.6) is 0 Å². The number of aryl methyl sites for hydroxylation is 1. The summed E-state index contributed by atoms with van der Waals surface area (Å²) in [5.74, 6) is 0.868. The highest BCUT2D eigenvalue weighted by Gasteiger charge is 2.11. The molecule has 138 valence electrons. The van der Waals surface area contributed by atoms with Gasteiger partial charge in [-0.05, 0) is 31.2 Å². The fourth-order valence-corrected chi connectivity index (χ4v) is 3.11. The molecule has 0 spiro atoms. The van der Waals surface area contributed by atoms with E-state index in [-0.39, 0.29) is 5.56 Å². The molecule has 1 aliphatic heterocycles. The molecule has 2 aromatic heterocycles. The molecule has 27 heavy (non-hydrogen) atoms. The third-order valence-corrected chi connectivity index (χ3v) is 4.61. The van der Waals surface area contributed by atoms with Crippen LogP contribution in [0.25, 0.3) is 16.6 Å². The number of piperazine rings is 1. The molecule has 3 heterocycles. The van der Waals surface area contributed by atoms with E-state index in [1.807, 2.05) is 49.4 Å². The Hall–Kier alpha value is -3.19. The lowest BCUT2D eigenvalue weighted by Gasteiger charge is -2.27. The van der Waals surface area contributed by atoms with Crippen LogP contribution in [0.2, 0.25) is 0 Å². The highest BCUT2D eigenvalue weighted by molar-refractivity contribution is 5.76. The molecular weight excluding hydrogens is 340 g/mol. The van der Waals surface area contributed by atoms with Crippen molar-refractivity contribution in [3.8, 4) is 5.69 Å². The fourth-order valence-electron chi connectivity index (χ4n) is 3.11. The first-order chi connectivity index (χ1) is 13.2. The van der Waals surface area contributed by atoms with Gasteiger partial charge >= 0.3 is 0 Å². The predicted molar refractivity (Wildman–Crippen MR) is 107 cm³/mol. The van der Waals surface area contributed by atoms with Gasteiger partial charge in [0.15, 0.2) is 0 Å². The average molecular weight is 362 g/mol. The van der Waals surface area contributed by atoms with Crippen molar-refractivity contribution in [2.45, 2.75) is 6.92 Å². The van der Waals surface area contributed by atoms with Crippen molar-refractivity contribution < 1.29 is 0 Å². The molecule has 7 heteroatoms. The summed E-state index contributed by atoms with van der Waals surface area (Å²) in [7, 11) is 0. The number of aromatic nitrogens is 4. The summed E-state index contributed by atoms with van der Waals surface area (Å²) in [6.07, 6.45) is 3.32. The highest BCUT2D eigenvalue weighted by atomic mass is 16.1. The van der Waals surface area contributed by atoms with E-state index in [1.54, 1.807) is 12.4 Å². The molecular formula is C20H22N6O. The van der Waals surface area contributed by atoms with E-state index in [0.29, 0.717) is 10.9 Å². The Morgan fingerprint density at radius 3 is 2.52 bits per heavy atom. The summed E-state index contributed by atoms with van der Waals surface area (Å²) < 4.78 is 1.52. The zero-order valence-electron chi connectivity index (χ0n) is 15.2. The second-order valence-corrected chi connectivity index (χ2v) is 6.50. The Balaban J connectivity index is 1.91. The summed E-state index contributed by atoms with van der Waals surface area (Å²) in [6.45, 7) is 5.57. The van der Waals surface area contributed by atoms with E-state index in [1.165, 1.54) is 4.68 Å². The molecule has 2 N–H and O–H groups in total. The van der Waals surface area contributed by atoms with Gasteiger partial charge in [-0.15, -0.1) is 0 Å². The predicted octanol–water partition coefficient (Wildman–Crippen LogP) is 1.95. The molecule has 1 aliphatic rings. The Labute approximate surface area is 157 Å². The number of hydrogen-bond donors (Lipinski definition) is 2. The van der Waals surface area contributed by atoms with Gasteiger partial charge in [-0.2, -0.15) is 0 Å². The number of nitrogens with one attached hydrogen (secondary N) is 2. The number of rotatable bonds is 2. The van der Waals surface area contributed by atoms with Gasteiger partial charge in [-0.1, -0.05) is 18.2 Å². The smallest absolute Gasteiger partial charge is 0.280 e. The average Bonchev–Trinajstić information content (AvgIpc) is 3.03. The van der Waals surface area contributed by atoms with Gasteiger partial charge in [0.05, 0.1) is 22.8 Å². The van der Waals surface area contributed by atoms with Gasteiger partial charge in [0.1, 0.15) is 5.82 Å². The number of para-hydroxylation sites is 1. The van der Waals surface area contributed by atoms with Crippen LogP contribution in [0.15, 0.2) is 59.7 Å². The number of aromatic amines is 1. The maximum atomic E-state index is 12.9. The largest absolute Gasteiger partial charge is 0.354 e. The molecule has 0 unspecified atom stereocenters. The molecule has 4 rings (SSSR count). The number of nitrogens with zero attached hydrogens (tertiary/aromatic N) is 4. The lowest BCUT2D eigenvalue weighted by atomic mass is 10.3. The number of hydrogen-bond acceptors (Lipinski definition) is 5. The summed E-state index contributed by atoms with van der Waals surface area (Å²) >= 11 is 0. The van der Waals surface area contributed by atoms with Crippen LogP contribution in [0.1, 0.15) is 5.69 Å². The molecule has 0 radical (unpaired) electrons. The second kappa shape index (κ2) is 7.59. The molecule has 1 fully saturated rings. The van der Waals surface area contributed by atoms with Crippen LogP contribution in [-0.2, 0) is 0 Å². The first-order valence-electron chi connectivity index (χ1n) is 9.05. The molecule has 3 aromatic rings. The van der Waals surface area contributed by atoms with Crippen molar-refractivity contribution in [3.63, 3.8) is 0 Å². The monoisotopic (exact) mass is 362 g/mol. The van der Waals surface area contributed by atoms with Gasteiger partial charge in [-0.3, -0.25) is 14.9 Å². The summed E-state index contributed by atoms with van der Waals surface area (Å²) in [6, 6.07) is 13.4. The zero-order valence-corrected chi connectivity index (χ0v) is 15.2. The Morgan fingerprint density at radius 1 is 0.963 bits per heavy atom. The van der Waals surface area contributed by atoms with Crippen LogP contribution in [-0.4, -0.2) is 45.9 Å². The lowest BCUT2D eigenvalue weighted by molar-refractivity contribution is 0.585. The first kappa shape index (κ1) is 17.2. The van der Waals surface area contributed by atoms with Gasteiger partial charge in [0, 0.05) is 38.1 Å². The standard InChI is InChI=1S/C20H22N6O/c1-15-7-8-19(25-11-9-21-10-12-25)23-14-18-17(13-22-15)20(27)26(24-18)16-5-3-2-4-6-16/h2-8,13-14,21,24H,9-12H2,1H3. The van der Waals surface area contributed by atoms with Crippen LogP contribution in [0, 0.1) is 6.92 Å². The maximum absolute atomic E-state index is 12.9. The third kappa shape index (κ3) is 3.68. The summed E-state index contributed by atoms with van der Waals surface area (Å²) in [5, 5.41) is 7.00. The van der Waals surface area contributed by atoms with Crippen molar-refractivity contribution in [2.24, 2.45) is 0 Å². The molecule has 0 atom stereocenters. The second-order valence-electron chi connectivity index (χ2n) is 6.50. The fraction of sp³-hybridized carbons (Fsp3) is 0.250. The molecule has 0 amide bonds. The van der Waals surface area contributed by atoms with E-state index in [0.717, 1.165) is 43.4 Å². The quantitative estimate of drug-likeness (QED) is 0.729. The first-order valence-corrected chi connectivity index (χ1v) is 9.05.